The van der Waals surface area contributed by atoms with Crippen molar-refractivity contribution in [3.63, 3.8) is 0 Å². The Labute approximate surface area is 180 Å². The number of carbonyl (C=O) groups is 1. The summed E-state index contributed by atoms with van der Waals surface area (Å²) in [6.45, 7) is 2.84. The van der Waals surface area contributed by atoms with Crippen LogP contribution in [-0.2, 0) is 9.53 Å². The summed E-state index contributed by atoms with van der Waals surface area (Å²) >= 11 is 1.42. The van der Waals surface area contributed by atoms with Gasteiger partial charge in [0.05, 0.1) is 18.9 Å². The zero-order chi connectivity index (χ0) is 20.9. The summed E-state index contributed by atoms with van der Waals surface area (Å²) in [6.07, 6.45) is 0. The van der Waals surface area contributed by atoms with Crippen LogP contribution in [0, 0.1) is 0 Å². The lowest BCUT2D eigenvalue weighted by Crippen LogP contribution is -2.37. The van der Waals surface area contributed by atoms with Gasteiger partial charge >= 0.3 is 0 Å². The van der Waals surface area contributed by atoms with Gasteiger partial charge in [-0.2, -0.15) is 0 Å². The van der Waals surface area contributed by atoms with E-state index in [2.05, 4.69) is 15.1 Å². The molecule has 1 aromatic heterocycles. The van der Waals surface area contributed by atoms with Gasteiger partial charge < -0.3 is 14.5 Å². The summed E-state index contributed by atoms with van der Waals surface area (Å²) in [7, 11) is 3.56. The zero-order valence-electron chi connectivity index (χ0n) is 17.1. The van der Waals surface area contributed by atoms with Gasteiger partial charge in [0.2, 0.25) is 11.9 Å². The Bertz CT molecular complexity index is 972. The van der Waals surface area contributed by atoms with Crippen LogP contribution < -0.4 is 4.90 Å². The van der Waals surface area contributed by atoms with Crippen molar-refractivity contribution in [3.05, 3.63) is 66.2 Å². The molecule has 4 rings (SSSR count). The fourth-order valence-corrected chi connectivity index (χ4v) is 4.53. The van der Waals surface area contributed by atoms with Crippen molar-refractivity contribution in [2.75, 3.05) is 45.3 Å². The lowest BCUT2D eigenvalue weighted by Gasteiger charge is -2.28. The minimum atomic E-state index is -0.412. The number of amides is 1. The van der Waals surface area contributed by atoms with Crippen molar-refractivity contribution in [3.8, 4) is 5.69 Å². The van der Waals surface area contributed by atoms with Crippen molar-refractivity contribution >= 4 is 23.6 Å². The average molecular weight is 424 g/mol. The molecule has 0 unspecified atom stereocenters. The van der Waals surface area contributed by atoms with Gasteiger partial charge in [-0.3, -0.25) is 9.36 Å². The number of likely N-dealkylation sites (N-methyl/N-ethyl adjacent to an activating group) is 1. The number of hydrogen-bond donors (Lipinski definition) is 0. The van der Waals surface area contributed by atoms with Gasteiger partial charge in [0.1, 0.15) is 5.25 Å². The Morgan fingerprint density at radius 1 is 1.00 bits per heavy atom. The number of thioether (sulfide) groups is 1. The molecule has 1 aliphatic rings. The monoisotopic (exact) mass is 423 g/mol. The second-order valence-electron chi connectivity index (χ2n) is 7.19. The first-order valence-corrected chi connectivity index (χ1v) is 10.8. The molecule has 1 amide bonds. The minimum absolute atomic E-state index is 0.0155. The fraction of sp³-hybridized carbons (Fsp3) is 0.318. The molecule has 1 saturated heterocycles. The van der Waals surface area contributed by atoms with Crippen LogP contribution in [0.25, 0.3) is 5.69 Å². The van der Waals surface area contributed by atoms with E-state index in [4.69, 9.17) is 4.74 Å². The minimum Gasteiger partial charge on any atom is -0.378 e. The van der Waals surface area contributed by atoms with Gasteiger partial charge in [0.25, 0.3) is 0 Å². The highest BCUT2D eigenvalue weighted by Gasteiger charge is 2.28. The van der Waals surface area contributed by atoms with Gasteiger partial charge in [0, 0.05) is 27.2 Å². The van der Waals surface area contributed by atoms with Crippen LogP contribution in [0.15, 0.2) is 65.8 Å². The van der Waals surface area contributed by atoms with Crippen LogP contribution in [0.1, 0.15) is 10.8 Å². The third-order valence-corrected chi connectivity index (χ3v) is 6.10. The largest absolute Gasteiger partial charge is 0.378 e. The standard InChI is InChI=1S/C22H25N5O2S/c1-25(2)20(28)19(17-9-5-3-6-10-17)30-22-24-23-21(26-13-15-29-16-14-26)27(22)18-11-7-4-8-12-18/h3-12,19H,13-16H2,1-2H3/t19-/m0/s1. The van der Waals surface area contributed by atoms with Crippen LogP contribution in [0.2, 0.25) is 0 Å². The Morgan fingerprint density at radius 2 is 1.63 bits per heavy atom. The smallest absolute Gasteiger partial charge is 0.240 e. The van der Waals surface area contributed by atoms with E-state index in [1.165, 1.54) is 11.8 Å². The summed E-state index contributed by atoms with van der Waals surface area (Å²) < 4.78 is 7.54. The molecule has 8 heteroatoms. The molecule has 1 fully saturated rings. The van der Waals surface area contributed by atoms with E-state index in [-0.39, 0.29) is 5.91 Å². The number of para-hydroxylation sites is 1. The van der Waals surface area contributed by atoms with Crippen molar-refractivity contribution in [1.82, 2.24) is 19.7 Å². The Kier molecular flexibility index (Phi) is 6.35. The average Bonchev–Trinajstić information content (AvgIpc) is 3.22. The number of aromatic nitrogens is 3. The molecular weight excluding hydrogens is 398 g/mol. The molecule has 2 heterocycles. The zero-order valence-corrected chi connectivity index (χ0v) is 18.0. The van der Waals surface area contributed by atoms with E-state index in [1.54, 1.807) is 19.0 Å². The SMILES string of the molecule is CN(C)C(=O)[C@@H](Sc1nnc(N2CCOCC2)n1-c1ccccc1)c1ccccc1. The number of carbonyl (C=O) groups excluding carboxylic acids is 1. The lowest BCUT2D eigenvalue weighted by molar-refractivity contribution is -0.128. The quantitative estimate of drug-likeness (QED) is 0.568. The van der Waals surface area contributed by atoms with Crippen molar-refractivity contribution in [2.24, 2.45) is 0 Å². The van der Waals surface area contributed by atoms with E-state index in [0.717, 1.165) is 30.3 Å². The first-order valence-electron chi connectivity index (χ1n) is 9.91. The van der Waals surface area contributed by atoms with Gasteiger partial charge in [-0.1, -0.05) is 60.3 Å². The third-order valence-electron chi connectivity index (χ3n) is 4.92. The summed E-state index contributed by atoms with van der Waals surface area (Å²) in [5.74, 6) is 0.790. The molecule has 2 aromatic carbocycles. The third kappa shape index (κ3) is 4.34. The molecule has 3 aromatic rings. The Balaban J connectivity index is 1.75. The molecule has 0 N–H and O–H groups in total. The summed E-state index contributed by atoms with van der Waals surface area (Å²) in [5, 5.41) is 9.28. The predicted octanol–water partition coefficient (Wildman–Crippen LogP) is 3.03. The van der Waals surface area contributed by atoms with Gasteiger partial charge in [-0.15, -0.1) is 10.2 Å². The van der Waals surface area contributed by atoms with Crippen molar-refractivity contribution in [1.29, 1.82) is 0 Å². The second kappa shape index (κ2) is 9.32. The molecule has 1 atom stereocenters. The Morgan fingerprint density at radius 3 is 2.27 bits per heavy atom. The number of hydrogen-bond acceptors (Lipinski definition) is 6. The normalized spacial score (nSPS) is 15.1. The summed E-state index contributed by atoms with van der Waals surface area (Å²) in [6, 6.07) is 19.8. The first kappa shape index (κ1) is 20.4. The maximum Gasteiger partial charge on any atom is 0.240 e. The molecule has 7 nitrogen and oxygen atoms in total. The highest BCUT2D eigenvalue weighted by Crippen LogP contribution is 2.38. The fourth-order valence-electron chi connectivity index (χ4n) is 3.34. The maximum atomic E-state index is 13.0. The molecule has 30 heavy (non-hydrogen) atoms. The van der Waals surface area contributed by atoms with Crippen LogP contribution in [0.4, 0.5) is 5.95 Å². The molecule has 0 bridgehead atoms. The van der Waals surface area contributed by atoms with Crippen LogP contribution in [-0.4, -0.2) is 66.0 Å². The van der Waals surface area contributed by atoms with E-state index >= 15 is 0 Å². The lowest BCUT2D eigenvalue weighted by atomic mass is 10.1. The molecule has 0 spiro atoms. The topological polar surface area (TPSA) is 63.5 Å². The highest BCUT2D eigenvalue weighted by molar-refractivity contribution is 8.00. The number of rotatable bonds is 6. The number of anilines is 1. The van der Waals surface area contributed by atoms with E-state index in [1.807, 2.05) is 65.2 Å². The van der Waals surface area contributed by atoms with Crippen LogP contribution in [0.3, 0.4) is 0 Å². The summed E-state index contributed by atoms with van der Waals surface area (Å²) in [4.78, 5) is 16.8. The number of benzene rings is 2. The van der Waals surface area contributed by atoms with Gasteiger partial charge in [-0.25, -0.2) is 0 Å². The van der Waals surface area contributed by atoms with Gasteiger partial charge in [-0.05, 0) is 17.7 Å². The number of nitrogens with zero attached hydrogens (tertiary/aromatic N) is 5. The number of ether oxygens (including phenoxy) is 1. The maximum absolute atomic E-state index is 13.0. The van der Waals surface area contributed by atoms with Crippen LogP contribution >= 0.6 is 11.8 Å². The van der Waals surface area contributed by atoms with E-state index < -0.39 is 5.25 Å². The highest BCUT2D eigenvalue weighted by atomic mass is 32.2. The molecular formula is C22H25N5O2S. The predicted molar refractivity (Wildman–Crippen MR) is 118 cm³/mol. The molecule has 156 valence electrons. The summed E-state index contributed by atoms with van der Waals surface area (Å²) in [5.41, 5.74) is 1.91. The molecule has 0 saturated carbocycles. The molecule has 0 aliphatic carbocycles. The van der Waals surface area contributed by atoms with Crippen molar-refractivity contribution in [2.45, 2.75) is 10.4 Å². The second-order valence-corrected chi connectivity index (χ2v) is 8.27. The van der Waals surface area contributed by atoms with Gasteiger partial charge in [0.15, 0.2) is 5.16 Å². The molecule has 0 radical (unpaired) electrons. The van der Waals surface area contributed by atoms with E-state index in [0.29, 0.717) is 18.4 Å². The van der Waals surface area contributed by atoms with E-state index in [9.17, 15) is 4.79 Å². The number of morpholine rings is 1. The van der Waals surface area contributed by atoms with Crippen LogP contribution in [0.5, 0.6) is 0 Å². The first-order chi connectivity index (χ1) is 14.6. The molecule has 1 aliphatic heterocycles. The Hall–Kier alpha value is -2.84. The van der Waals surface area contributed by atoms with Crippen molar-refractivity contribution < 1.29 is 9.53 Å².